The van der Waals surface area contributed by atoms with E-state index in [1.54, 1.807) is 4.90 Å². The van der Waals surface area contributed by atoms with Crippen LogP contribution in [0.3, 0.4) is 0 Å². The molecule has 0 aliphatic carbocycles. The molecule has 1 aliphatic rings. The number of carboxylic acid groups (broad SMARTS) is 1. The number of nitrogens with one attached hydrogen (secondary N) is 1. The van der Waals surface area contributed by atoms with Gasteiger partial charge in [0.05, 0.1) is 0 Å². The average molecular weight is 298 g/mol. The topological polar surface area (TPSA) is 86.7 Å². The predicted molar refractivity (Wildman–Crippen MR) is 78.6 cm³/mol. The van der Waals surface area contributed by atoms with Gasteiger partial charge in [-0.1, -0.05) is 20.8 Å². The number of carbonyl (C=O) groups excluding carboxylic acids is 2. The standard InChI is InChI=1S/C15H26N2O4/c1-15(2,3)14(21)16-8-6-12(18)17-9-7-11(10-17)4-5-13(19)20/h11H,4-10H2,1-3H3,(H,16,21)(H,19,20). The van der Waals surface area contributed by atoms with Crippen molar-refractivity contribution >= 4 is 17.8 Å². The van der Waals surface area contributed by atoms with Crippen LogP contribution < -0.4 is 5.32 Å². The second-order valence-corrected chi connectivity index (χ2v) is 6.68. The second-order valence-electron chi connectivity index (χ2n) is 6.68. The summed E-state index contributed by atoms with van der Waals surface area (Å²) in [6.07, 6.45) is 1.95. The molecule has 1 unspecified atom stereocenters. The van der Waals surface area contributed by atoms with Crippen molar-refractivity contribution in [2.75, 3.05) is 19.6 Å². The summed E-state index contributed by atoms with van der Waals surface area (Å²) in [6.45, 7) is 7.17. The zero-order valence-corrected chi connectivity index (χ0v) is 13.1. The molecule has 0 aromatic carbocycles. The summed E-state index contributed by atoms with van der Waals surface area (Å²) in [6, 6.07) is 0. The van der Waals surface area contributed by atoms with Crippen LogP contribution in [0.4, 0.5) is 0 Å². The molecular weight excluding hydrogens is 272 g/mol. The van der Waals surface area contributed by atoms with E-state index in [1.165, 1.54) is 0 Å². The molecule has 6 nitrogen and oxygen atoms in total. The Balaban J connectivity index is 2.25. The quantitative estimate of drug-likeness (QED) is 0.772. The summed E-state index contributed by atoms with van der Waals surface area (Å²) in [7, 11) is 0. The van der Waals surface area contributed by atoms with Crippen LogP contribution in [0, 0.1) is 11.3 Å². The van der Waals surface area contributed by atoms with Gasteiger partial charge in [-0.25, -0.2) is 0 Å². The number of nitrogens with zero attached hydrogens (tertiary/aromatic N) is 1. The Kier molecular flexibility index (Phi) is 6.18. The number of hydrogen-bond acceptors (Lipinski definition) is 3. The molecule has 120 valence electrons. The van der Waals surface area contributed by atoms with Crippen molar-refractivity contribution in [2.24, 2.45) is 11.3 Å². The Hall–Kier alpha value is -1.59. The third kappa shape index (κ3) is 6.14. The molecule has 0 aromatic rings. The largest absolute Gasteiger partial charge is 0.481 e. The predicted octanol–water partition coefficient (Wildman–Crippen LogP) is 1.25. The third-order valence-electron chi connectivity index (χ3n) is 3.71. The van der Waals surface area contributed by atoms with E-state index in [0.717, 1.165) is 6.42 Å². The highest BCUT2D eigenvalue weighted by Crippen LogP contribution is 2.21. The van der Waals surface area contributed by atoms with Crippen LogP contribution in [0.1, 0.15) is 46.5 Å². The minimum atomic E-state index is -0.787. The van der Waals surface area contributed by atoms with Gasteiger partial charge >= 0.3 is 5.97 Å². The van der Waals surface area contributed by atoms with Gasteiger partial charge < -0.3 is 15.3 Å². The maximum atomic E-state index is 12.0. The lowest BCUT2D eigenvalue weighted by atomic mass is 9.96. The molecule has 1 atom stereocenters. The lowest BCUT2D eigenvalue weighted by molar-refractivity contribution is -0.137. The molecule has 0 radical (unpaired) electrons. The van der Waals surface area contributed by atoms with E-state index < -0.39 is 11.4 Å². The summed E-state index contributed by atoms with van der Waals surface area (Å²) in [5.41, 5.74) is -0.446. The van der Waals surface area contributed by atoms with Crippen molar-refractivity contribution in [1.29, 1.82) is 0 Å². The fourth-order valence-electron chi connectivity index (χ4n) is 2.33. The molecule has 0 saturated carbocycles. The fourth-order valence-corrected chi connectivity index (χ4v) is 2.33. The second kappa shape index (κ2) is 7.43. The maximum absolute atomic E-state index is 12.0. The molecule has 2 N–H and O–H groups in total. The van der Waals surface area contributed by atoms with Crippen LogP contribution in [-0.2, 0) is 14.4 Å². The zero-order valence-electron chi connectivity index (χ0n) is 13.1. The smallest absolute Gasteiger partial charge is 0.303 e. The number of aliphatic carboxylic acids is 1. The lowest BCUT2D eigenvalue weighted by Gasteiger charge is -2.19. The van der Waals surface area contributed by atoms with Gasteiger partial charge in [0.1, 0.15) is 0 Å². The Morgan fingerprint density at radius 1 is 1.24 bits per heavy atom. The molecule has 1 fully saturated rings. The summed E-state index contributed by atoms with van der Waals surface area (Å²) in [5.74, 6) is -0.531. The molecule has 2 amide bonds. The van der Waals surface area contributed by atoms with Crippen LogP contribution in [0.2, 0.25) is 0 Å². The Bertz CT molecular complexity index is 401. The van der Waals surface area contributed by atoms with E-state index in [2.05, 4.69) is 5.32 Å². The molecule has 21 heavy (non-hydrogen) atoms. The van der Waals surface area contributed by atoms with Gasteiger partial charge in [-0.05, 0) is 18.8 Å². The minimum Gasteiger partial charge on any atom is -0.481 e. The highest BCUT2D eigenvalue weighted by Gasteiger charge is 2.26. The third-order valence-corrected chi connectivity index (χ3v) is 3.71. The zero-order chi connectivity index (χ0) is 16.0. The van der Waals surface area contributed by atoms with E-state index >= 15 is 0 Å². The average Bonchev–Trinajstić information content (AvgIpc) is 2.83. The number of amides is 2. The van der Waals surface area contributed by atoms with Crippen LogP contribution in [0.25, 0.3) is 0 Å². The number of likely N-dealkylation sites (tertiary alicyclic amines) is 1. The molecule has 6 heteroatoms. The first-order valence-electron chi connectivity index (χ1n) is 7.48. The number of hydrogen-bond donors (Lipinski definition) is 2. The van der Waals surface area contributed by atoms with Gasteiger partial charge in [-0.2, -0.15) is 0 Å². The van der Waals surface area contributed by atoms with Gasteiger partial charge in [0.2, 0.25) is 11.8 Å². The lowest BCUT2D eigenvalue weighted by Crippen LogP contribution is -2.38. The van der Waals surface area contributed by atoms with Gasteiger partial charge in [0, 0.05) is 37.9 Å². The molecule has 1 rings (SSSR count). The number of carbonyl (C=O) groups is 3. The highest BCUT2D eigenvalue weighted by molar-refractivity contribution is 5.82. The van der Waals surface area contributed by atoms with E-state index in [9.17, 15) is 14.4 Å². The maximum Gasteiger partial charge on any atom is 0.303 e. The number of rotatable bonds is 6. The molecule has 1 saturated heterocycles. The Morgan fingerprint density at radius 2 is 1.90 bits per heavy atom. The van der Waals surface area contributed by atoms with E-state index in [4.69, 9.17) is 5.11 Å². The SMILES string of the molecule is CC(C)(C)C(=O)NCCC(=O)N1CCC(CCC(=O)O)C1. The fraction of sp³-hybridized carbons (Fsp3) is 0.800. The Labute approximate surface area is 125 Å². The molecular formula is C15H26N2O4. The summed E-state index contributed by atoms with van der Waals surface area (Å²) in [4.78, 5) is 36.0. The van der Waals surface area contributed by atoms with Gasteiger partial charge in [0.25, 0.3) is 0 Å². The summed E-state index contributed by atoms with van der Waals surface area (Å²) < 4.78 is 0. The minimum absolute atomic E-state index is 0.0297. The van der Waals surface area contributed by atoms with Crippen LogP contribution in [0.15, 0.2) is 0 Å². The van der Waals surface area contributed by atoms with E-state index in [1.807, 2.05) is 20.8 Å². The van der Waals surface area contributed by atoms with Crippen LogP contribution in [0.5, 0.6) is 0 Å². The molecule has 1 aliphatic heterocycles. The van der Waals surface area contributed by atoms with E-state index in [0.29, 0.717) is 32.5 Å². The summed E-state index contributed by atoms with van der Waals surface area (Å²) >= 11 is 0. The van der Waals surface area contributed by atoms with Crippen molar-refractivity contribution in [3.05, 3.63) is 0 Å². The monoisotopic (exact) mass is 298 g/mol. The first-order valence-corrected chi connectivity index (χ1v) is 7.48. The van der Waals surface area contributed by atoms with Crippen molar-refractivity contribution in [2.45, 2.75) is 46.5 Å². The van der Waals surface area contributed by atoms with Crippen molar-refractivity contribution in [1.82, 2.24) is 10.2 Å². The van der Waals surface area contributed by atoms with Crippen molar-refractivity contribution < 1.29 is 19.5 Å². The van der Waals surface area contributed by atoms with Crippen molar-refractivity contribution in [3.8, 4) is 0 Å². The van der Waals surface area contributed by atoms with Crippen LogP contribution in [-0.4, -0.2) is 47.4 Å². The van der Waals surface area contributed by atoms with Crippen molar-refractivity contribution in [3.63, 3.8) is 0 Å². The highest BCUT2D eigenvalue weighted by atomic mass is 16.4. The van der Waals surface area contributed by atoms with Crippen LogP contribution >= 0.6 is 0 Å². The normalized spacial score (nSPS) is 18.6. The van der Waals surface area contributed by atoms with Gasteiger partial charge in [-0.3, -0.25) is 14.4 Å². The number of carboxylic acids is 1. The molecule has 0 bridgehead atoms. The summed E-state index contributed by atoms with van der Waals surface area (Å²) in [5, 5.41) is 11.4. The van der Waals surface area contributed by atoms with Gasteiger partial charge in [-0.15, -0.1) is 0 Å². The molecule has 1 heterocycles. The first kappa shape index (κ1) is 17.5. The Morgan fingerprint density at radius 3 is 2.48 bits per heavy atom. The van der Waals surface area contributed by atoms with E-state index in [-0.39, 0.29) is 24.2 Å². The van der Waals surface area contributed by atoms with Gasteiger partial charge in [0.15, 0.2) is 0 Å². The molecule has 0 aromatic heterocycles. The first-order chi connectivity index (χ1) is 9.70. The molecule has 0 spiro atoms.